The number of benzene rings is 2. The monoisotopic (exact) mass is 429 g/mol. The average Bonchev–Trinajstić information content (AvgIpc) is 3.21. The summed E-state index contributed by atoms with van der Waals surface area (Å²) in [5.41, 5.74) is 4.05. The zero-order chi connectivity index (χ0) is 21.5. The van der Waals surface area contributed by atoms with Gasteiger partial charge in [-0.1, -0.05) is 67.2 Å². The highest BCUT2D eigenvalue weighted by Gasteiger charge is 2.16. The number of thioether (sulfide) groups is 1. The summed E-state index contributed by atoms with van der Waals surface area (Å²) in [5, 5.41) is 12.5. The van der Waals surface area contributed by atoms with Gasteiger partial charge in [0.25, 0.3) is 0 Å². The number of rotatable bonds is 8. The molecule has 31 heavy (non-hydrogen) atoms. The maximum atomic E-state index is 12.6. The van der Waals surface area contributed by atoms with Crippen molar-refractivity contribution in [2.45, 2.75) is 25.0 Å². The molecule has 156 valence electrons. The van der Waals surface area contributed by atoms with Crippen LogP contribution < -0.4 is 5.32 Å². The lowest BCUT2D eigenvalue weighted by atomic mass is 10.1. The number of nitrogens with zero attached hydrogens (tertiary/aromatic N) is 4. The van der Waals surface area contributed by atoms with Crippen molar-refractivity contribution in [2.75, 3.05) is 11.1 Å². The summed E-state index contributed by atoms with van der Waals surface area (Å²) in [5.74, 6) is 0.942. The molecule has 1 amide bonds. The van der Waals surface area contributed by atoms with Crippen molar-refractivity contribution in [1.82, 2.24) is 19.7 Å². The molecule has 2 heterocycles. The van der Waals surface area contributed by atoms with Crippen LogP contribution in [0, 0.1) is 0 Å². The Bertz CT molecular complexity index is 1150. The summed E-state index contributed by atoms with van der Waals surface area (Å²) < 4.78 is 2.04. The number of para-hydroxylation sites is 1. The molecule has 0 aliphatic rings. The molecule has 0 spiro atoms. The number of hydrogen-bond acceptors (Lipinski definition) is 5. The second-order valence-electron chi connectivity index (χ2n) is 6.96. The van der Waals surface area contributed by atoms with Gasteiger partial charge < -0.3 is 5.32 Å². The largest absolute Gasteiger partial charge is 0.325 e. The van der Waals surface area contributed by atoms with Gasteiger partial charge in [-0.25, -0.2) is 0 Å². The van der Waals surface area contributed by atoms with Crippen molar-refractivity contribution in [3.8, 4) is 11.4 Å². The van der Waals surface area contributed by atoms with Crippen LogP contribution in [-0.4, -0.2) is 31.4 Å². The Labute approximate surface area is 185 Å². The molecule has 1 N–H and O–H groups in total. The van der Waals surface area contributed by atoms with E-state index in [1.807, 2.05) is 59.2 Å². The highest BCUT2D eigenvalue weighted by molar-refractivity contribution is 7.99. The third kappa shape index (κ3) is 5.19. The van der Waals surface area contributed by atoms with E-state index in [-0.39, 0.29) is 11.7 Å². The summed E-state index contributed by atoms with van der Waals surface area (Å²) in [7, 11) is 0. The van der Waals surface area contributed by atoms with Gasteiger partial charge in [0.05, 0.1) is 12.3 Å². The van der Waals surface area contributed by atoms with Crippen LogP contribution in [-0.2, 0) is 17.8 Å². The number of aryl methyl sites for hydroxylation is 1. The Morgan fingerprint density at radius 1 is 0.968 bits per heavy atom. The van der Waals surface area contributed by atoms with Crippen LogP contribution in [0.1, 0.15) is 18.1 Å². The van der Waals surface area contributed by atoms with Crippen molar-refractivity contribution in [2.24, 2.45) is 0 Å². The SMILES string of the molecule is CCc1ccccc1NC(=O)CSc1nnc(-c2ccncc2)n1Cc1ccccc1. The normalized spacial score (nSPS) is 10.7. The number of amides is 1. The Morgan fingerprint density at radius 2 is 1.71 bits per heavy atom. The maximum Gasteiger partial charge on any atom is 0.234 e. The number of anilines is 1. The first kappa shape index (κ1) is 20.8. The fourth-order valence-electron chi connectivity index (χ4n) is 3.29. The second-order valence-corrected chi connectivity index (χ2v) is 7.90. The molecular formula is C24H23N5OS. The van der Waals surface area contributed by atoms with Crippen LogP contribution >= 0.6 is 11.8 Å². The number of carbonyl (C=O) groups is 1. The Balaban J connectivity index is 1.53. The molecule has 2 aromatic heterocycles. The zero-order valence-corrected chi connectivity index (χ0v) is 18.0. The molecule has 0 atom stereocenters. The van der Waals surface area contributed by atoms with E-state index >= 15 is 0 Å². The second kappa shape index (κ2) is 10.0. The quantitative estimate of drug-likeness (QED) is 0.412. The van der Waals surface area contributed by atoms with Crippen LogP contribution in [0.15, 0.2) is 84.3 Å². The van der Waals surface area contributed by atoms with E-state index < -0.39 is 0 Å². The summed E-state index contributed by atoms with van der Waals surface area (Å²) in [6, 6.07) is 21.8. The molecule has 0 saturated heterocycles. The van der Waals surface area contributed by atoms with E-state index in [2.05, 4.69) is 39.6 Å². The first-order valence-corrected chi connectivity index (χ1v) is 11.1. The predicted octanol–water partition coefficient (Wildman–Crippen LogP) is 4.68. The highest BCUT2D eigenvalue weighted by Crippen LogP contribution is 2.25. The van der Waals surface area contributed by atoms with Crippen LogP contribution in [0.2, 0.25) is 0 Å². The van der Waals surface area contributed by atoms with Crippen LogP contribution in [0.4, 0.5) is 5.69 Å². The highest BCUT2D eigenvalue weighted by atomic mass is 32.2. The molecule has 0 saturated carbocycles. The van der Waals surface area contributed by atoms with Crippen molar-refractivity contribution < 1.29 is 4.79 Å². The van der Waals surface area contributed by atoms with E-state index in [0.717, 1.165) is 34.6 Å². The van der Waals surface area contributed by atoms with Crippen LogP contribution in [0.3, 0.4) is 0 Å². The zero-order valence-electron chi connectivity index (χ0n) is 17.2. The minimum absolute atomic E-state index is 0.0642. The lowest BCUT2D eigenvalue weighted by Gasteiger charge is -2.11. The first-order valence-electron chi connectivity index (χ1n) is 10.1. The molecule has 0 aliphatic carbocycles. The Kier molecular flexibility index (Phi) is 6.74. The first-order chi connectivity index (χ1) is 15.2. The van der Waals surface area contributed by atoms with Crippen molar-refractivity contribution >= 4 is 23.4 Å². The topological polar surface area (TPSA) is 72.7 Å². The fourth-order valence-corrected chi connectivity index (χ4v) is 4.02. The van der Waals surface area contributed by atoms with Crippen molar-refractivity contribution in [3.05, 3.63) is 90.3 Å². The molecule has 0 radical (unpaired) electrons. The minimum atomic E-state index is -0.0642. The molecule has 6 nitrogen and oxygen atoms in total. The number of pyridine rings is 1. The average molecular weight is 430 g/mol. The van der Waals surface area contributed by atoms with Gasteiger partial charge in [0.1, 0.15) is 0 Å². The molecule has 4 rings (SSSR count). The predicted molar refractivity (Wildman–Crippen MR) is 124 cm³/mol. The molecule has 0 aliphatic heterocycles. The minimum Gasteiger partial charge on any atom is -0.325 e. The van der Waals surface area contributed by atoms with Crippen molar-refractivity contribution in [3.63, 3.8) is 0 Å². The van der Waals surface area contributed by atoms with Gasteiger partial charge in [-0.3, -0.25) is 14.3 Å². The van der Waals surface area contributed by atoms with E-state index in [0.29, 0.717) is 11.7 Å². The molecule has 0 bridgehead atoms. The standard InChI is InChI=1S/C24H23N5OS/c1-2-19-10-6-7-11-21(19)26-22(30)17-31-24-28-27-23(20-12-14-25-15-13-20)29(24)16-18-8-4-3-5-9-18/h3-15H,2,16-17H2,1H3,(H,26,30). The van der Waals surface area contributed by atoms with Crippen LogP contribution in [0.5, 0.6) is 0 Å². The molecule has 2 aromatic carbocycles. The Hall–Kier alpha value is -3.45. The van der Waals surface area contributed by atoms with Crippen molar-refractivity contribution in [1.29, 1.82) is 0 Å². The summed E-state index contributed by atoms with van der Waals surface area (Å²) in [6.45, 7) is 2.69. The molecule has 0 fully saturated rings. The molecule has 4 aromatic rings. The van der Waals surface area contributed by atoms with Crippen LogP contribution in [0.25, 0.3) is 11.4 Å². The lowest BCUT2D eigenvalue weighted by molar-refractivity contribution is -0.113. The summed E-state index contributed by atoms with van der Waals surface area (Å²) in [4.78, 5) is 16.7. The van der Waals surface area contributed by atoms with Gasteiger partial charge >= 0.3 is 0 Å². The fraction of sp³-hybridized carbons (Fsp3) is 0.167. The molecular weight excluding hydrogens is 406 g/mol. The maximum absolute atomic E-state index is 12.6. The van der Waals surface area contributed by atoms with E-state index in [9.17, 15) is 4.79 Å². The van der Waals surface area contributed by atoms with E-state index in [4.69, 9.17) is 0 Å². The number of carbonyl (C=O) groups excluding carboxylic acids is 1. The third-order valence-corrected chi connectivity index (χ3v) is 5.81. The van der Waals surface area contributed by atoms with Gasteiger partial charge in [-0.2, -0.15) is 0 Å². The molecule has 7 heteroatoms. The van der Waals surface area contributed by atoms with Gasteiger partial charge in [-0.15, -0.1) is 10.2 Å². The lowest BCUT2D eigenvalue weighted by Crippen LogP contribution is -2.16. The number of aromatic nitrogens is 4. The van der Waals surface area contributed by atoms with Gasteiger partial charge in [-0.05, 0) is 35.7 Å². The van der Waals surface area contributed by atoms with E-state index in [1.165, 1.54) is 11.8 Å². The van der Waals surface area contributed by atoms with E-state index in [1.54, 1.807) is 12.4 Å². The summed E-state index contributed by atoms with van der Waals surface area (Å²) >= 11 is 1.38. The van der Waals surface area contributed by atoms with Gasteiger partial charge in [0.15, 0.2) is 11.0 Å². The Morgan fingerprint density at radius 3 is 2.48 bits per heavy atom. The third-order valence-electron chi connectivity index (χ3n) is 4.84. The van der Waals surface area contributed by atoms with Gasteiger partial charge in [0, 0.05) is 23.6 Å². The molecule has 0 unspecified atom stereocenters. The summed E-state index contributed by atoms with van der Waals surface area (Å²) in [6.07, 6.45) is 4.34. The number of hydrogen-bond donors (Lipinski definition) is 1. The van der Waals surface area contributed by atoms with Gasteiger partial charge in [0.2, 0.25) is 5.91 Å². The number of nitrogens with one attached hydrogen (secondary N) is 1. The smallest absolute Gasteiger partial charge is 0.234 e.